The molecule has 1 atom stereocenters. The van der Waals surface area contributed by atoms with Gasteiger partial charge in [0, 0.05) is 5.75 Å². The van der Waals surface area contributed by atoms with Gasteiger partial charge in [0.25, 0.3) is 0 Å². The maximum absolute atomic E-state index is 4.76. The zero-order chi connectivity index (χ0) is 12.3. The summed E-state index contributed by atoms with van der Waals surface area (Å²) in [4.78, 5) is 12.7. The lowest BCUT2D eigenvalue weighted by molar-refractivity contribution is 0.316. The Kier molecular flexibility index (Phi) is 3.66. The highest BCUT2D eigenvalue weighted by molar-refractivity contribution is 8.14. The van der Waals surface area contributed by atoms with Crippen LogP contribution in [0.1, 0.15) is 27.2 Å². The van der Waals surface area contributed by atoms with Gasteiger partial charge >= 0.3 is 0 Å². The van der Waals surface area contributed by atoms with Crippen molar-refractivity contribution < 1.29 is 0 Å². The second-order valence-corrected chi connectivity index (χ2v) is 6.29. The van der Waals surface area contributed by atoms with Crippen molar-refractivity contribution in [1.29, 1.82) is 0 Å². The van der Waals surface area contributed by atoms with E-state index in [1.54, 1.807) is 24.2 Å². The second kappa shape index (κ2) is 5.04. The van der Waals surface area contributed by atoms with Crippen LogP contribution in [0.25, 0.3) is 0 Å². The SMILES string of the molecule is CC(C)(C)C1CCSC(Nc2cncnc2)=N1. The summed E-state index contributed by atoms with van der Waals surface area (Å²) in [6.07, 6.45) is 6.19. The number of thioether (sulfide) groups is 1. The average Bonchev–Trinajstić information content (AvgIpc) is 2.29. The molecule has 0 saturated heterocycles. The molecule has 0 fully saturated rings. The molecule has 2 heterocycles. The monoisotopic (exact) mass is 250 g/mol. The molecule has 0 radical (unpaired) electrons. The second-order valence-electron chi connectivity index (χ2n) is 5.21. The predicted molar refractivity (Wildman–Crippen MR) is 73.4 cm³/mol. The summed E-state index contributed by atoms with van der Waals surface area (Å²) in [6, 6.07) is 0.385. The summed E-state index contributed by atoms with van der Waals surface area (Å²) in [5, 5.41) is 4.25. The number of rotatable bonds is 1. The van der Waals surface area contributed by atoms with Crippen LogP contribution in [0.2, 0.25) is 0 Å². The first-order chi connectivity index (χ1) is 8.05. The van der Waals surface area contributed by atoms with E-state index >= 15 is 0 Å². The third-order valence-corrected chi connectivity index (χ3v) is 3.64. The number of amidine groups is 1. The molecule has 0 bridgehead atoms. The molecule has 0 amide bonds. The van der Waals surface area contributed by atoms with Crippen molar-refractivity contribution in [2.45, 2.75) is 33.2 Å². The molecule has 92 valence electrons. The number of nitrogens with one attached hydrogen (secondary N) is 1. The molecule has 1 aliphatic heterocycles. The molecule has 1 N–H and O–H groups in total. The molecule has 0 saturated carbocycles. The minimum absolute atomic E-state index is 0.223. The smallest absolute Gasteiger partial charge is 0.161 e. The lowest BCUT2D eigenvalue weighted by Crippen LogP contribution is -2.30. The van der Waals surface area contributed by atoms with Gasteiger partial charge in [-0.3, -0.25) is 4.99 Å². The molecule has 17 heavy (non-hydrogen) atoms. The Bertz CT molecular complexity index is 397. The largest absolute Gasteiger partial charge is 0.332 e. The molecule has 1 unspecified atom stereocenters. The van der Waals surface area contributed by atoms with Crippen LogP contribution in [-0.2, 0) is 0 Å². The summed E-state index contributed by atoms with van der Waals surface area (Å²) in [5.74, 6) is 1.11. The fourth-order valence-electron chi connectivity index (χ4n) is 1.69. The lowest BCUT2D eigenvalue weighted by Gasteiger charge is -2.31. The minimum Gasteiger partial charge on any atom is -0.332 e. The quantitative estimate of drug-likeness (QED) is 0.832. The third kappa shape index (κ3) is 3.43. The van der Waals surface area contributed by atoms with Crippen LogP contribution in [0, 0.1) is 5.41 Å². The van der Waals surface area contributed by atoms with E-state index in [-0.39, 0.29) is 5.41 Å². The van der Waals surface area contributed by atoms with Crippen LogP contribution in [0.4, 0.5) is 5.69 Å². The van der Waals surface area contributed by atoms with Gasteiger partial charge in [-0.1, -0.05) is 32.5 Å². The maximum Gasteiger partial charge on any atom is 0.161 e. The highest BCUT2D eigenvalue weighted by Gasteiger charge is 2.27. The lowest BCUT2D eigenvalue weighted by atomic mass is 9.85. The van der Waals surface area contributed by atoms with Crippen molar-refractivity contribution in [3.8, 4) is 0 Å². The van der Waals surface area contributed by atoms with E-state index in [4.69, 9.17) is 4.99 Å². The number of hydrogen-bond acceptors (Lipinski definition) is 5. The van der Waals surface area contributed by atoms with E-state index in [1.807, 2.05) is 0 Å². The molecule has 4 nitrogen and oxygen atoms in total. The van der Waals surface area contributed by atoms with E-state index < -0.39 is 0 Å². The Morgan fingerprint density at radius 3 is 2.65 bits per heavy atom. The van der Waals surface area contributed by atoms with Crippen molar-refractivity contribution in [3.63, 3.8) is 0 Å². The van der Waals surface area contributed by atoms with Gasteiger partial charge in [0.05, 0.1) is 24.1 Å². The Labute approximate surface area is 106 Å². The van der Waals surface area contributed by atoms with Crippen LogP contribution >= 0.6 is 11.8 Å². The van der Waals surface area contributed by atoms with E-state index in [9.17, 15) is 0 Å². The van der Waals surface area contributed by atoms with E-state index in [0.717, 1.165) is 23.0 Å². The van der Waals surface area contributed by atoms with E-state index in [0.29, 0.717) is 6.04 Å². The van der Waals surface area contributed by atoms with Gasteiger partial charge in [-0.2, -0.15) is 0 Å². The van der Waals surface area contributed by atoms with Crippen LogP contribution in [0.5, 0.6) is 0 Å². The third-order valence-electron chi connectivity index (χ3n) is 2.71. The molecular weight excluding hydrogens is 232 g/mol. The molecule has 0 aromatic carbocycles. The van der Waals surface area contributed by atoms with Gasteiger partial charge < -0.3 is 5.32 Å². The Morgan fingerprint density at radius 1 is 1.29 bits per heavy atom. The first kappa shape index (κ1) is 12.4. The van der Waals surface area contributed by atoms with Crippen molar-refractivity contribution in [2.24, 2.45) is 10.4 Å². The summed E-state index contributed by atoms with van der Waals surface area (Å²) in [5.41, 5.74) is 1.12. The number of hydrogen-bond donors (Lipinski definition) is 1. The van der Waals surface area contributed by atoms with Gasteiger partial charge in [0.15, 0.2) is 5.17 Å². The van der Waals surface area contributed by atoms with Crippen LogP contribution in [0.15, 0.2) is 23.7 Å². The molecule has 1 aliphatic rings. The van der Waals surface area contributed by atoms with Crippen LogP contribution < -0.4 is 5.32 Å². The topological polar surface area (TPSA) is 50.2 Å². The Balaban J connectivity index is 2.09. The highest BCUT2D eigenvalue weighted by Crippen LogP contribution is 2.30. The first-order valence-electron chi connectivity index (χ1n) is 5.78. The fourth-order valence-corrected chi connectivity index (χ4v) is 2.62. The Hall–Kier alpha value is -1.10. The molecular formula is C12H18N4S. The molecule has 0 aliphatic carbocycles. The van der Waals surface area contributed by atoms with E-state index in [2.05, 4.69) is 36.1 Å². The first-order valence-corrected chi connectivity index (χ1v) is 6.77. The zero-order valence-electron chi connectivity index (χ0n) is 10.5. The standard InChI is InChI=1S/C12H18N4S/c1-12(2,3)10-4-5-17-11(16-10)15-9-6-13-8-14-7-9/h6-8,10H,4-5H2,1-3H3,(H,15,16). The van der Waals surface area contributed by atoms with Crippen molar-refractivity contribution in [1.82, 2.24) is 9.97 Å². The van der Waals surface area contributed by atoms with E-state index in [1.165, 1.54) is 6.33 Å². The van der Waals surface area contributed by atoms with Crippen molar-refractivity contribution >= 4 is 22.6 Å². The van der Waals surface area contributed by atoms with Crippen LogP contribution in [-0.4, -0.2) is 26.9 Å². The summed E-state index contributed by atoms with van der Waals surface area (Å²) in [6.45, 7) is 6.71. The number of nitrogens with zero attached hydrogens (tertiary/aromatic N) is 3. The number of anilines is 1. The molecule has 1 aromatic heterocycles. The Morgan fingerprint density at radius 2 is 2.00 bits per heavy atom. The summed E-state index contributed by atoms with van der Waals surface area (Å²) < 4.78 is 0. The highest BCUT2D eigenvalue weighted by atomic mass is 32.2. The molecule has 1 aromatic rings. The van der Waals surface area contributed by atoms with Gasteiger partial charge in [0.2, 0.25) is 0 Å². The van der Waals surface area contributed by atoms with Gasteiger partial charge in [0.1, 0.15) is 6.33 Å². The molecule has 2 rings (SSSR count). The zero-order valence-corrected chi connectivity index (χ0v) is 11.3. The minimum atomic E-state index is 0.223. The van der Waals surface area contributed by atoms with Crippen molar-refractivity contribution in [3.05, 3.63) is 18.7 Å². The number of aliphatic imine (C=N–C) groups is 1. The van der Waals surface area contributed by atoms with Crippen LogP contribution in [0.3, 0.4) is 0 Å². The van der Waals surface area contributed by atoms with Gasteiger partial charge in [-0.25, -0.2) is 9.97 Å². The summed E-state index contributed by atoms with van der Waals surface area (Å²) >= 11 is 1.76. The van der Waals surface area contributed by atoms with Gasteiger partial charge in [-0.15, -0.1) is 0 Å². The average molecular weight is 250 g/mol. The molecule has 0 spiro atoms. The van der Waals surface area contributed by atoms with Gasteiger partial charge in [-0.05, 0) is 11.8 Å². The maximum atomic E-state index is 4.76. The predicted octanol–water partition coefficient (Wildman–Crippen LogP) is 2.80. The molecule has 5 heteroatoms. The fraction of sp³-hybridized carbons (Fsp3) is 0.583. The normalized spacial score (nSPS) is 20.9. The van der Waals surface area contributed by atoms with Crippen molar-refractivity contribution in [2.75, 3.05) is 11.1 Å². The number of aromatic nitrogens is 2. The summed E-state index contributed by atoms with van der Waals surface area (Å²) in [7, 11) is 0.